The van der Waals surface area contributed by atoms with Crippen LogP contribution >= 0.6 is 11.8 Å². The van der Waals surface area contributed by atoms with E-state index in [0.717, 1.165) is 6.42 Å². The predicted molar refractivity (Wildman–Crippen MR) is 63.4 cm³/mol. The van der Waals surface area contributed by atoms with Gasteiger partial charge >= 0.3 is 0 Å². The molecule has 0 aliphatic carbocycles. The van der Waals surface area contributed by atoms with Crippen LogP contribution in [-0.4, -0.2) is 43.1 Å². The van der Waals surface area contributed by atoms with E-state index in [1.807, 2.05) is 11.8 Å². The van der Waals surface area contributed by atoms with Gasteiger partial charge in [-0.2, -0.15) is 11.8 Å². The predicted octanol–water partition coefficient (Wildman–Crippen LogP) is 1.80. The number of hydrogen-bond donors (Lipinski definition) is 1. The van der Waals surface area contributed by atoms with Crippen molar-refractivity contribution in [3.63, 3.8) is 0 Å². The Balaban J connectivity index is 2.99. The van der Waals surface area contributed by atoms with E-state index in [9.17, 15) is 0 Å². The lowest BCUT2D eigenvalue weighted by molar-refractivity contribution is 0.437. The summed E-state index contributed by atoms with van der Waals surface area (Å²) in [5.41, 5.74) is 5.82. The van der Waals surface area contributed by atoms with E-state index >= 15 is 0 Å². The maximum absolute atomic E-state index is 5.82. The quantitative estimate of drug-likeness (QED) is 0.611. The zero-order valence-corrected chi connectivity index (χ0v) is 10.1. The fourth-order valence-corrected chi connectivity index (χ4v) is 2.07. The second-order valence-corrected chi connectivity index (χ2v) is 4.95. The lowest BCUT2D eigenvalue weighted by Crippen LogP contribution is -2.18. The van der Waals surface area contributed by atoms with E-state index in [4.69, 9.17) is 5.73 Å². The third-order valence-electron chi connectivity index (χ3n) is 2.07. The highest BCUT2D eigenvalue weighted by atomic mass is 32.2. The number of rotatable bonds is 8. The van der Waals surface area contributed by atoms with Crippen LogP contribution < -0.4 is 5.73 Å². The average Bonchev–Trinajstić information content (AvgIpc) is 2.10. The Bertz CT molecular complexity index is 107. The summed E-state index contributed by atoms with van der Waals surface area (Å²) in [5, 5.41) is 0. The molecule has 2 nitrogen and oxygen atoms in total. The van der Waals surface area contributed by atoms with Crippen LogP contribution in [0.25, 0.3) is 0 Å². The SMILES string of the molecule is CCC(N)CCCSCCN(C)C. The van der Waals surface area contributed by atoms with Gasteiger partial charge in [0, 0.05) is 18.3 Å². The van der Waals surface area contributed by atoms with Crippen molar-refractivity contribution in [2.45, 2.75) is 32.2 Å². The Morgan fingerprint density at radius 1 is 1.31 bits per heavy atom. The van der Waals surface area contributed by atoms with Crippen LogP contribution in [0.1, 0.15) is 26.2 Å². The molecule has 0 aromatic heterocycles. The summed E-state index contributed by atoms with van der Waals surface area (Å²) in [4.78, 5) is 2.23. The Morgan fingerprint density at radius 3 is 2.54 bits per heavy atom. The molecule has 0 aromatic rings. The van der Waals surface area contributed by atoms with Crippen LogP contribution in [0.3, 0.4) is 0 Å². The molecule has 0 amide bonds. The molecule has 0 heterocycles. The summed E-state index contributed by atoms with van der Waals surface area (Å²) in [6.45, 7) is 3.34. The van der Waals surface area contributed by atoms with E-state index in [-0.39, 0.29) is 0 Å². The molecular formula is C10H24N2S. The first-order valence-electron chi connectivity index (χ1n) is 5.14. The van der Waals surface area contributed by atoms with Crippen molar-refractivity contribution in [2.75, 3.05) is 32.1 Å². The third kappa shape index (κ3) is 10.2. The molecule has 0 saturated heterocycles. The number of nitrogens with two attached hydrogens (primary N) is 1. The molecule has 80 valence electrons. The molecule has 1 atom stereocenters. The van der Waals surface area contributed by atoms with E-state index in [2.05, 4.69) is 25.9 Å². The van der Waals surface area contributed by atoms with Crippen molar-refractivity contribution in [3.8, 4) is 0 Å². The number of nitrogens with zero attached hydrogens (tertiary/aromatic N) is 1. The van der Waals surface area contributed by atoms with Gasteiger partial charge in [0.05, 0.1) is 0 Å². The van der Waals surface area contributed by atoms with Gasteiger partial charge in [0.15, 0.2) is 0 Å². The summed E-state index contributed by atoms with van der Waals surface area (Å²) >= 11 is 2.04. The minimum absolute atomic E-state index is 0.425. The first-order chi connectivity index (χ1) is 6.16. The van der Waals surface area contributed by atoms with Crippen LogP contribution in [0.4, 0.5) is 0 Å². The summed E-state index contributed by atoms with van der Waals surface area (Å²) in [5.74, 6) is 2.51. The minimum Gasteiger partial charge on any atom is -0.328 e. The van der Waals surface area contributed by atoms with Gasteiger partial charge in [0.1, 0.15) is 0 Å². The Morgan fingerprint density at radius 2 is 2.00 bits per heavy atom. The number of hydrogen-bond acceptors (Lipinski definition) is 3. The lowest BCUT2D eigenvalue weighted by atomic mass is 10.1. The zero-order valence-electron chi connectivity index (χ0n) is 9.25. The molecule has 2 N–H and O–H groups in total. The van der Waals surface area contributed by atoms with Crippen molar-refractivity contribution < 1.29 is 0 Å². The monoisotopic (exact) mass is 204 g/mol. The molecule has 0 aliphatic heterocycles. The van der Waals surface area contributed by atoms with E-state index in [1.165, 1.54) is 30.9 Å². The molecular weight excluding hydrogens is 180 g/mol. The minimum atomic E-state index is 0.425. The smallest absolute Gasteiger partial charge is 0.00662 e. The molecule has 0 radical (unpaired) electrons. The van der Waals surface area contributed by atoms with Gasteiger partial charge in [-0.15, -0.1) is 0 Å². The normalized spacial score (nSPS) is 13.6. The lowest BCUT2D eigenvalue weighted by Gasteiger charge is -2.10. The molecule has 0 aliphatic rings. The van der Waals surface area contributed by atoms with Gasteiger partial charge in [-0.25, -0.2) is 0 Å². The highest BCUT2D eigenvalue weighted by Crippen LogP contribution is 2.06. The van der Waals surface area contributed by atoms with Crippen molar-refractivity contribution in [3.05, 3.63) is 0 Å². The van der Waals surface area contributed by atoms with Crippen molar-refractivity contribution >= 4 is 11.8 Å². The van der Waals surface area contributed by atoms with Gasteiger partial charge in [0.2, 0.25) is 0 Å². The summed E-state index contributed by atoms with van der Waals surface area (Å²) in [6, 6.07) is 0.425. The Hall–Kier alpha value is 0.270. The van der Waals surface area contributed by atoms with E-state index in [0.29, 0.717) is 6.04 Å². The fourth-order valence-electron chi connectivity index (χ4n) is 1.00. The average molecular weight is 204 g/mol. The fraction of sp³-hybridized carbons (Fsp3) is 1.00. The van der Waals surface area contributed by atoms with Crippen LogP contribution in [0.5, 0.6) is 0 Å². The molecule has 0 fully saturated rings. The maximum Gasteiger partial charge on any atom is 0.00662 e. The second-order valence-electron chi connectivity index (χ2n) is 3.73. The van der Waals surface area contributed by atoms with Gasteiger partial charge in [-0.3, -0.25) is 0 Å². The summed E-state index contributed by atoms with van der Waals surface area (Å²) in [6.07, 6.45) is 3.57. The van der Waals surface area contributed by atoms with Crippen LogP contribution in [0.2, 0.25) is 0 Å². The third-order valence-corrected chi connectivity index (χ3v) is 3.12. The van der Waals surface area contributed by atoms with Gasteiger partial charge in [0.25, 0.3) is 0 Å². The summed E-state index contributed by atoms with van der Waals surface area (Å²) < 4.78 is 0. The first kappa shape index (κ1) is 13.3. The zero-order chi connectivity index (χ0) is 10.1. The van der Waals surface area contributed by atoms with E-state index in [1.54, 1.807) is 0 Å². The molecule has 13 heavy (non-hydrogen) atoms. The Labute approximate surface area is 87.2 Å². The Kier molecular flexibility index (Phi) is 9.03. The molecule has 3 heteroatoms. The summed E-state index contributed by atoms with van der Waals surface area (Å²) in [7, 11) is 4.24. The topological polar surface area (TPSA) is 29.3 Å². The van der Waals surface area contributed by atoms with Crippen molar-refractivity contribution in [2.24, 2.45) is 5.73 Å². The highest BCUT2D eigenvalue weighted by molar-refractivity contribution is 7.99. The number of thioether (sulfide) groups is 1. The van der Waals surface area contributed by atoms with Crippen molar-refractivity contribution in [1.82, 2.24) is 4.90 Å². The van der Waals surface area contributed by atoms with Crippen LogP contribution in [0.15, 0.2) is 0 Å². The standard InChI is InChI=1S/C10H24N2S/c1-4-10(11)6-5-8-13-9-7-12(2)3/h10H,4-9,11H2,1-3H3. The molecule has 1 unspecified atom stereocenters. The molecule has 0 bridgehead atoms. The molecule has 0 spiro atoms. The van der Waals surface area contributed by atoms with Gasteiger partial charge in [-0.05, 0) is 39.1 Å². The molecule has 0 aromatic carbocycles. The molecule has 0 saturated carbocycles. The molecule has 0 rings (SSSR count). The second kappa shape index (κ2) is 8.85. The maximum atomic E-state index is 5.82. The highest BCUT2D eigenvalue weighted by Gasteiger charge is 1.98. The van der Waals surface area contributed by atoms with Crippen LogP contribution in [-0.2, 0) is 0 Å². The van der Waals surface area contributed by atoms with Crippen LogP contribution in [0, 0.1) is 0 Å². The largest absolute Gasteiger partial charge is 0.328 e. The van der Waals surface area contributed by atoms with Gasteiger partial charge in [-0.1, -0.05) is 6.92 Å². The first-order valence-corrected chi connectivity index (χ1v) is 6.30. The van der Waals surface area contributed by atoms with Gasteiger partial charge < -0.3 is 10.6 Å². The van der Waals surface area contributed by atoms with Crippen molar-refractivity contribution in [1.29, 1.82) is 0 Å². The van der Waals surface area contributed by atoms with E-state index < -0.39 is 0 Å².